The predicted octanol–water partition coefficient (Wildman–Crippen LogP) is 1.83. The van der Waals surface area contributed by atoms with E-state index in [1.54, 1.807) is 25.3 Å². The van der Waals surface area contributed by atoms with Crippen molar-refractivity contribution in [2.24, 2.45) is 0 Å². The Bertz CT molecular complexity index is 1190. The SMILES string of the molecule is COc1ccc(OC)c(-n2c(O)c([C@@H]3[NH2+]CCc4ccccc43)c(=O)[nH]c2=S)c1. The number of H-pyrrole nitrogens is 1. The molecule has 1 aliphatic rings. The molecule has 1 aromatic heterocycles. The summed E-state index contributed by atoms with van der Waals surface area (Å²) < 4.78 is 12.2. The van der Waals surface area contributed by atoms with Gasteiger partial charge in [-0.15, -0.1) is 0 Å². The van der Waals surface area contributed by atoms with Crippen LogP contribution in [-0.4, -0.2) is 35.4 Å². The number of nitrogens with one attached hydrogen (secondary N) is 1. The molecule has 29 heavy (non-hydrogen) atoms. The number of fused-ring (bicyclic) bond motifs is 1. The molecule has 0 saturated carbocycles. The standard InChI is InChI=1S/C21H21N3O4S/c1-27-13-7-8-16(28-2)15(11-13)24-20(26)17(19(25)23-21(24)29)18-14-6-4-3-5-12(14)9-10-22-18/h3-8,11,18,22,26H,9-10H2,1-2H3,(H,23,25,29)/p+1/t18-/m1/s1. The number of ether oxygens (including phenoxy) is 2. The molecule has 8 heteroatoms. The van der Waals surface area contributed by atoms with Gasteiger partial charge in [0.1, 0.15) is 23.1 Å². The van der Waals surface area contributed by atoms with Crippen molar-refractivity contribution < 1.29 is 19.9 Å². The first-order chi connectivity index (χ1) is 14.0. The highest BCUT2D eigenvalue weighted by Gasteiger charge is 2.31. The van der Waals surface area contributed by atoms with E-state index in [9.17, 15) is 9.90 Å². The van der Waals surface area contributed by atoms with Gasteiger partial charge < -0.3 is 19.9 Å². The second-order valence-corrected chi connectivity index (χ2v) is 7.21. The topological polar surface area (TPSA) is 93.1 Å². The van der Waals surface area contributed by atoms with Crippen LogP contribution < -0.4 is 20.3 Å². The fourth-order valence-electron chi connectivity index (χ4n) is 3.88. The van der Waals surface area contributed by atoms with E-state index in [1.165, 1.54) is 17.2 Å². The molecule has 150 valence electrons. The highest BCUT2D eigenvalue weighted by Crippen LogP contribution is 2.34. The molecule has 1 aliphatic heterocycles. The molecular formula is C21H22N3O4S+. The Hall–Kier alpha value is -3.10. The number of methoxy groups -OCH3 is 2. The van der Waals surface area contributed by atoms with Gasteiger partial charge in [-0.1, -0.05) is 24.3 Å². The molecule has 4 N–H and O–H groups in total. The average Bonchev–Trinajstić information content (AvgIpc) is 2.73. The first kappa shape index (κ1) is 19.2. The second-order valence-electron chi connectivity index (χ2n) is 6.82. The minimum Gasteiger partial charge on any atom is -0.497 e. The van der Waals surface area contributed by atoms with E-state index in [-0.39, 0.29) is 22.3 Å². The third-order valence-corrected chi connectivity index (χ3v) is 5.55. The second kappa shape index (κ2) is 7.73. The van der Waals surface area contributed by atoms with E-state index in [1.807, 2.05) is 18.2 Å². The molecule has 0 aliphatic carbocycles. The highest BCUT2D eigenvalue weighted by molar-refractivity contribution is 7.71. The molecule has 0 bridgehead atoms. The van der Waals surface area contributed by atoms with E-state index >= 15 is 0 Å². The number of rotatable bonds is 4. The van der Waals surface area contributed by atoms with Gasteiger partial charge in [-0.3, -0.25) is 14.3 Å². The van der Waals surface area contributed by atoms with Crippen LogP contribution >= 0.6 is 12.2 Å². The Morgan fingerprint density at radius 2 is 2.00 bits per heavy atom. The number of nitrogens with zero attached hydrogens (tertiary/aromatic N) is 1. The van der Waals surface area contributed by atoms with Crippen LogP contribution in [0.4, 0.5) is 0 Å². The molecule has 2 heterocycles. The Balaban J connectivity index is 1.97. The maximum atomic E-state index is 12.9. The number of nitrogens with two attached hydrogens (primary N) is 1. The van der Waals surface area contributed by atoms with E-state index in [4.69, 9.17) is 21.7 Å². The van der Waals surface area contributed by atoms with Gasteiger partial charge in [0.15, 0.2) is 4.77 Å². The number of hydrogen-bond acceptors (Lipinski definition) is 5. The number of benzene rings is 2. The Labute approximate surface area is 172 Å². The fourth-order valence-corrected chi connectivity index (χ4v) is 4.16. The van der Waals surface area contributed by atoms with Crippen LogP contribution in [-0.2, 0) is 6.42 Å². The lowest BCUT2D eigenvalue weighted by Crippen LogP contribution is -2.87. The zero-order valence-electron chi connectivity index (χ0n) is 16.1. The van der Waals surface area contributed by atoms with E-state index < -0.39 is 5.56 Å². The lowest BCUT2D eigenvalue weighted by molar-refractivity contribution is -0.690. The summed E-state index contributed by atoms with van der Waals surface area (Å²) in [5.74, 6) is 0.857. The number of aromatic nitrogens is 2. The number of aromatic hydroxyl groups is 1. The molecule has 0 fully saturated rings. The Kier molecular flexibility index (Phi) is 5.12. The van der Waals surface area contributed by atoms with E-state index in [0.29, 0.717) is 17.2 Å². The molecule has 0 unspecified atom stereocenters. The minimum absolute atomic E-state index is 0.0758. The summed E-state index contributed by atoms with van der Waals surface area (Å²) in [7, 11) is 3.08. The van der Waals surface area contributed by atoms with Crippen LogP contribution in [0.25, 0.3) is 5.69 Å². The highest BCUT2D eigenvalue weighted by atomic mass is 32.1. The molecule has 7 nitrogen and oxygen atoms in total. The van der Waals surface area contributed by atoms with Crippen LogP contribution in [0, 0.1) is 4.77 Å². The van der Waals surface area contributed by atoms with Crippen molar-refractivity contribution in [1.82, 2.24) is 9.55 Å². The van der Waals surface area contributed by atoms with Crippen molar-refractivity contribution in [3.63, 3.8) is 0 Å². The summed E-state index contributed by atoms with van der Waals surface area (Å²) in [5.41, 5.74) is 2.53. The van der Waals surface area contributed by atoms with Crippen molar-refractivity contribution in [2.45, 2.75) is 12.5 Å². The van der Waals surface area contributed by atoms with Crippen LogP contribution in [0.1, 0.15) is 22.7 Å². The lowest BCUT2D eigenvalue weighted by atomic mass is 9.90. The summed E-state index contributed by atoms with van der Waals surface area (Å²) in [4.78, 5) is 15.6. The molecule has 0 saturated heterocycles. The average molecular weight is 412 g/mol. The molecule has 0 radical (unpaired) electrons. The van der Waals surface area contributed by atoms with E-state index in [2.05, 4.69) is 16.4 Å². The Morgan fingerprint density at radius 1 is 1.21 bits per heavy atom. The summed E-state index contributed by atoms with van der Waals surface area (Å²) in [5, 5.41) is 13.3. The van der Waals surface area contributed by atoms with Gasteiger partial charge in [-0.2, -0.15) is 0 Å². The Morgan fingerprint density at radius 3 is 2.76 bits per heavy atom. The summed E-state index contributed by atoms with van der Waals surface area (Å²) in [6, 6.07) is 12.8. The monoisotopic (exact) mass is 412 g/mol. The molecular weight excluding hydrogens is 390 g/mol. The van der Waals surface area contributed by atoms with Gasteiger partial charge in [0.05, 0.1) is 26.5 Å². The fraction of sp³-hybridized carbons (Fsp3) is 0.238. The summed E-state index contributed by atoms with van der Waals surface area (Å²) in [6.45, 7) is 0.818. The smallest absolute Gasteiger partial charge is 0.265 e. The van der Waals surface area contributed by atoms with Crippen molar-refractivity contribution in [3.05, 3.63) is 74.3 Å². The predicted molar refractivity (Wildman–Crippen MR) is 111 cm³/mol. The minimum atomic E-state index is -0.399. The zero-order chi connectivity index (χ0) is 20.5. The molecule has 0 spiro atoms. The van der Waals surface area contributed by atoms with Crippen molar-refractivity contribution in [3.8, 4) is 23.1 Å². The van der Waals surface area contributed by atoms with Gasteiger partial charge in [-0.25, -0.2) is 0 Å². The van der Waals surface area contributed by atoms with Gasteiger partial charge in [-0.05, 0) is 29.9 Å². The van der Waals surface area contributed by atoms with Crippen LogP contribution in [0.5, 0.6) is 17.4 Å². The van der Waals surface area contributed by atoms with Gasteiger partial charge >= 0.3 is 0 Å². The zero-order valence-corrected chi connectivity index (χ0v) is 17.0. The van der Waals surface area contributed by atoms with Crippen LogP contribution in [0.15, 0.2) is 47.3 Å². The van der Waals surface area contributed by atoms with Gasteiger partial charge in [0.25, 0.3) is 5.56 Å². The van der Waals surface area contributed by atoms with Crippen molar-refractivity contribution >= 4 is 12.2 Å². The third kappa shape index (κ3) is 3.30. The molecule has 0 amide bonds. The summed E-state index contributed by atoms with van der Waals surface area (Å²) >= 11 is 5.38. The normalized spacial score (nSPS) is 15.6. The first-order valence-corrected chi connectivity index (χ1v) is 9.67. The number of quaternary nitrogens is 1. The maximum absolute atomic E-state index is 12.9. The molecule has 4 rings (SSSR count). The number of hydrogen-bond donors (Lipinski definition) is 3. The van der Waals surface area contributed by atoms with Gasteiger partial charge in [0.2, 0.25) is 5.88 Å². The first-order valence-electron chi connectivity index (χ1n) is 9.27. The lowest BCUT2D eigenvalue weighted by Gasteiger charge is -2.25. The van der Waals surface area contributed by atoms with Crippen LogP contribution in [0.3, 0.4) is 0 Å². The van der Waals surface area contributed by atoms with Crippen molar-refractivity contribution in [1.29, 1.82) is 0 Å². The maximum Gasteiger partial charge on any atom is 0.265 e. The van der Waals surface area contributed by atoms with Crippen molar-refractivity contribution in [2.75, 3.05) is 20.8 Å². The largest absolute Gasteiger partial charge is 0.497 e. The quantitative estimate of drug-likeness (QED) is 0.569. The molecule has 1 atom stereocenters. The van der Waals surface area contributed by atoms with Gasteiger partial charge in [0, 0.05) is 18.1 Å². The van der Waals surface area contributed by atoms with Crippen LogP contribution in [0.2, 0.25) is 0 Å². The number of aromatic amines is 1. The molecule has 3 aromatic rings. The van der Waals surface area contributed by atoms with E-state index in [0.717, 1.165) is 18.5 Å². The summed E-state index contributed by atoms with van der Waals surface area (Å²) in [6.07, 6.45) is 0.911. The third-order valence-electron chi connectivity index (χ3n) is 5.27. The molecule has 2 aromatic carbocycles.